The summed E-state index contributed by atoms with van der Waals surface area (Å²) in [5.74, 6) is 0.669. The summed E-state index contributed by atoms with van der Waals surface area (Å²) in [6.45, 7) is 1.97. The molecule has 0 aliphatic heterocycles. The molecule has 0 spiro atoms. The smallest absolute Gasteiger partial charge is 0.144 e. The van der Waals surface area contributed by atoms with Crippen LogP contribution < -0.4 is 11.1 Å². The van der Waals surface area contributed by atoms with Crippen LogP contribution in [0.25, 0.3) is 0 Å². The van der Waals surface area contributed by atoms with E-state index in [1.807, 2.05) is 13.0 Å². The van der Waals surface area contributed by atoms with Crippen molar-refractivity contribution in [3.05, 3.63) is 46.1 Å². The molecular formula is C13H11BrN4. The lowest BCUT2D eigenvalue weighted by atomic mass is 10.1. The van der Waals surface area contributed by atoms with E-state index in [0.29, 0.717) is 17.1 Å². The standard InChI is InChI=1S/C13H11BrN4/c1-8-2-3-9(6-15)4-12(8)18-13-11(14)5-10(16)7-17-13/h2-5,7H,16H2,1H3,(H,17,18). The van der Waals surface area contributed by atoms with Gasteiger partial charge < -0.3 is 11.1 Å². The van der Waals surface area contributed by atoms with E-state index < -0.39 is 0 Å². The van der Waals surface area contributed by atoms with E-state index in [0.717, 1.165) is 15.7 Å². The van der Waals surface area contributed by atoms with E-state index in [-0.39, 0.29) is 0 Å². The van der Waals surface area contributed by atoms with Gasteiger partial charge in [-0.2, -0.15) is 5.26 Å². The first-order chi connectivity index (χ1) is 8.60. The molecule has 4 nitrogen and oxygen atoms in total. The Hall–Kier alpha value is -2.06. The second-order valence-corrected chi connectivity index (χ2v) is 4.72. The molecule has 0 fully saturated rings. The molecule has 1 heterocycles. The van der Waals surface area contributed by atoms with Crippen LogP contribution in [0.3, 0.4) is 0 Å². The Morgan fingerprint density at radius 1 is 1.39 bits per heavy atom. The van der Waals surface area contributed by atoms with Crippen LogP contribution in [0, 0.1) is 18.3 Å². The van der Waals surface area contributed by atoms with Crippen LogP contribution in [-0.2, 0) is 0 Å². The highest BCUT2D eigenvalue weighted by molar-refractivity contribution is 9.10. The first-order valence-corrected chi connectivity index (χ1v) is 6.08. The zero-order valence-electron chi connectivity index (χ0n) is 9.74. The molecule has 0 bridgehead atoms. The second-order valence-electron chi connectivity index (χ2n) is 3.87. The number of pyridine rings is 1. The van der Waals surface area contributed by atoms with Crippen LogP contribution in [0.4, 0.5) is 17.2 Å². The van der Waals surface area contributed by atoms with E-state index in [4.69, 9.17) is 11.0 Å². The maximum Gasteiger partial charge on any atom is 0.144 e. The van der Waals surface area contributed by atoms with Crippen molar-refractivity contribution in [2.45, 2.75) is 6.92 Å². The molecule has 3 N–H and O–H groups in total. The SMILES string of the molecule is Cc1ccc(C#N)cc1Nc1ncc(N)cc1Br. The van der Waals surface area contributed by atoms with Gasteiger partial charge >= 0.3 is 0 Å². The third kappa shape index (κ3) is 2.60. The number of aryl methyl sites for hydroxylation is 1. The largest absolute Gasteiger partial charge is 0.397 e. The molecule has 0 unspecified atom stereocenters. The van der Waals surface area contributed by atoms with Crippen molar-refractivity contribution >= 4 is 33.1 Å². The van der Waals surface area contributed by atoms with Gasteiger partial charge in [-0.25, -0.2) is 4.98 Å². The fourth-order valence-electron chi connectivity index (χ4n) is 1.50. The molecule has 18 heavy (non-hydrogen) atoms. The van der Waals surface area contributed by atoms with Gasteiger partial charge in [0.05, 0.1) is 28.0 Å². The Labute approximate surface area is 114 Å². The number of nitrogens with zero attached hydrogens (tertiary/aromatic N) is 2. The molecule has 1 aromatic carbocycles. The molecule has 0 saturated carbocycles. The zero-order chi connectivity index (χ0) is 13.1. The van der Waals surface area contributed by atoms with Crippen molar-refractivity contribution in [1.29, 1.82) is 5.26 Å². The molecule has 0 amide bonds. The third-order valence-electron chi connectivity index (χ3n) is 2.48. The number of hydrogen-bond donors (Lipinski definition) is 2. The highest BCUT2D eigenvalue weighted by Gasteiger charge is 2.05. The molecule has 2 aromatic rings. The van der Waals surface area contributed by atoms with E-state index >= 15 is 0 Å². The molecule has 0 radical (unpaired) electrons. The van der Waals surface area contributed by atoms with Gasteiger partial charge in [-0.1, -0.05) is 6.07 Å². The van der Waals surface area contributed by atoms with Crippen molar-refractivity contribution in [2.75, 3.05) is 11.1 Å². The number of hydrogen-bond acceptors (Lipinski definition) is 4. The summed E-state index contributed by atoms with van der Waals surface area (Å²) in [6, 6.07) is 9.36. The van der Waals surface area contributed by atoms with Gasteiger partial charge in [-0.05, 0) is 46.6 Å². The Kier molecular flexibility index (Phi) is 3.49. The summed E-state index contributed by atoms with van der Waals surface area (Å²) in [5, 5.41) is 12.1. The molecule has 0 atom stereocenters. The van der Waals surface area contributed by atoms with E-state index in [9.17, 15) is 0 Å². The molecule has 0 aliphatic carbocycles. The van der Waals surface area contributed by atoms with Crippen LogP contribution in [0.5, 0.6) is 0 Å². The maximum atomic E-state index is 8.89. The average molecular weight is 303 g/mol. The normalized spacial score (nSPS) is 9.83. The van der Waals surface area contributed by atoms with Crippen LogP contribution in [0.1, 0.15) is 11.1 Å². The number of aromatic nitrogens is 1. The number of rotatable bonds is 2. The van der Waals surface area contributed by atoms with Crippen molar-refractivity contribution in [3.8, 4) is 6.07 Å². The quantitative estimate of drug-likeness (QED) is 0.892. The van der Waals surface area contributed by atoms with Crippen molar-refractivity contribution in [3.63, 3.8) is 0 Å². The minimum absolute atomic E-state index is 0.593. The van der Waals surface area contributed by atoms with Crippen LogP contribution in [-0.4, -0.2) is 4.98 Å². The number of nitrogens with two attached hydrogens (primary N) is 1. The number of nitrogens with one attached hydrogen (secondary N) is 1. The molecule has 0 aliphatic rings. The van der Waals surface area contributed by atoms with Crippen LogP contribution in [0.15, 0.2) is 34.9 Å². The van der Waals surface area contributed by atoms with Crippen LogP contribution in [0.2, 0.25) is 0 Å². The minimum atomic E-state index is 0.593. The Morgan fingerprint density at radius 3 is 2.83 bits per heavy atom. The lowest BCUT2D eigenvalue weighted by Crippen LogP contribution is -1.98. The summed E-state index contributed by atoms with van der Waals surface area (Å²) >= 11 is 3.39. The Morgan fingerprint density at radius 2 is 2.17 bits per heavy atom. The number of nitrogen functional groups attached to an aromatic ring is 1. The highest BCUT2D eigenvalue weighted by Crippen LogP contribution is 2.27. The van der Waals surface area contributed by atoms with Crippen LogP contribution >= 0.6 is 15.9 Å². The second kappa shape index (κ2) is 5.07. The summed E-state index contributed by atoms with van der Waals surface area (Å²) < 4.78 is 0.782. The fourth-order valence-corrected chi connectivity index (χ4v) is 1.96. The molecule has 5 heteroatoms. The molecular weight excluding hydrogens is 292 g/mol. The first kappa shape index (κ1) is 12.4. The highest BCUT2D eigenvalue weighted by atomic mass is 79.9. The summed E-state index contributed by atoms with van der Waals surface area (Å²) in [4.78, 5) is 4.20. The lowest BCUT2D eigenvalue weighted by Gasteiger charge is -2.10. The van der Waals surface area contributed by atoms with E-state index in [1.54, 1.807) is 24.4 Å². The summed E-state index contributed by atoms with van der Waals surface area (Å²) in [6.07, 6.45) is 1.58. The predicted molar refractivity (Wildman–Crippen MR) is 75.5 cm³/mol. The number of nitriles is 1. The van der Waals surface area contributed by atoms with E-state index in [1.165, 1.54) is 0 Å². The molecule has 0 saturated heterocycles. The number of anilines is 3. The fraction of sp³-hybridized carbons (Fsp3) is 0.0769. The minimum Gasteiger partial charge on any atom is -0.397 e. The predicted octanol–water partition coefficient (Wildman–Crippen LogP) is 3.35. The van der Waals surface area contributed by atoms with Gasteiger partial charge in [0.2, 0.25) is 0 Å². The average Bonchev–Trinajstić information content (AvgIpc) is 2.35. The molecule has 90 valence electrons. The summed E-state index contributed by atoms with van der Waals surface area (Å²) in [5.41, 5.74) is 8.73. The number of benzene rings is 1. The summed E-state index contributed by atoms with van der Waals surface area (Å²) in [7, 11) is 0. The van der Waals surface area contributed by atoms with E-state index in [2.05, 4.69) is 32.3 Å². The van der Waals surface area contributed by atoms with Crippen molar-refractivity contribution in [2.24, 2.45) is 0 Å². The Bertz CT molecular complexity index is 631. The van der Waals surface area contributed by atoms with Gasteiger partial charge in [-0.3, -0.25) is 0 Å². The van der Waals surface area contributed by atoms with Crippen molar-refractivity contribution in [1.82, 2.24) is 4.98 Å². The topological polar surface area (TPSA) is 74.7 Å². The van der Waals surface area contributed by atoms with Gasteiger partial charge in [0, 0.05) is 5.69 Å². The van der Waals surface area contributed by atoms with Gasteiger partial charge in [0.25, 0.3) is 0 Å². The zero-order valence-corrected chi connectivity index (χ0v) is 11.3. The lowest BCUT2D eigenvalue weighted by molar-refractivity contribution is 1.28. The number of halogens is 1. The molecule has 2 rings (SSSR count). The third-order valence-corrected chi connectivity index (χ3v) is 3.09. The maximum absolute atomic E-state index is 8.89. The van der Waals surface area contributed by atoms with Gasteiger partial charge in [-0.15, -0.1) is 0 Å². The van der Waals surface area contributed by atoms with Gasteiger partial charge in [0.15, 0.2) is 0 Å². The first-order valence-electron chi connectivity index (χ1n) is 5.29. The Balaban J connectivity index is 2.37. The van der Waals surface area contributed by atoms with Gasteiger partial charge in [0.1, 0.15) is 5.82 Å². The van der Waals surface area contributed by atoms with Crippen molar-refractivity contribution < 1.29 is 0 Å². The monoisotopic (exact) mass is 302 g/mol. The molecule has 1 aromatic heterocycles.